The van der Waals surface area contributed by atoms with E-state index in [0.29, 0.717) is 0 Å². The van der Waals surface area contributed by atoms with Crippen LogP contribution in [0.5, 0.6) is 0 Å². The maximum atomic E-state index is 5.21. The standard InChI is InChI=1S/C45H30N2/c1-4-16-31(17-5-1)34-28-35(32-18-6-2-7-19-32)30-36(29-34)43-37-22-10-12-24-39(37)44(40-25-13-11-23-38(40)43)47-42-27-15-14-26-41(42)46-45(47)33-20-8-3-9-21-33/h1-30H. The van der Waals surface area contributed by atoms with Crippen LogP contribution in [0.15, 0.2) is 182 Å². The highest BCUT2D eigenvalue weighted by atomic mass is 15.1. The smallest absolute Gasteiger partial charge is 0.145 e. The Morgan fingerprint density at radius 3 is 1.32 bits per heavy atom. The lowest BCUT2D eigenvalue weighted by Gasteiger charge is -2.21. The zero-order chi connectivity index (χ0) is 31.2. The molecule has 9 rings (SSSR count). The number of aromatic nitrogens is 2. The Balaban J connectivity index is 1.41. The lowest BCUT2D eigenvalue weighted by molar-refractivity contribution is 1.13. The Bertz CT molecular complexity index is 2430. The highest BCUT2D eigenvalue weighted by Crippen LogP contribution is 2.45. The SMILES string of the molecule is c1ccc(-c2cc(-c3ccccc3)cc(-c3c4ccccc4c(-n4c(-c5ccccc5)nc5ccccc54)c4ccccc34)c2)cc1. The van der Waals surface area contributed by atoms with Crippen LogP contribution in [0.1, 0.15) is 0 Å². The van der Waals surface area contributed by atoms with E-state index in [-0.39, 0.29) is 0 Å². The van der Waals surface area contributed by atoms with E-state index in [1.807, 2.05) is 0 Å². The maximum absolute atomic E-state index is 5.21. The van der Waals surface area contributed by atoms with Crippen molar-refractivity contribution in [1.82, 2.24) is 9.55 Å². The van der Waals surface area contributed by atoms with Gasteiger partial charge in [0.25, 0.3) is 0 Å². The molecule has 0 radical (unpaired) electrons. The molecule has 2 heteroatoms. The Morgan fingerprint density at radius 1 is 0.340 bits per heavy atom. The number of nitrogens with zero attached hydrogens (tertiary/aromatic N) is 2. The third-order valence-corrected chi connectivity index (χ3v) is 9.16. The van der Waals surface area contributed by atoms with Crippen LogP contribution in [0.25, 0.3) is 83.0 Å². The lowest BCUT2D eigenvalue weighted by atomic mass is 9.87. The second-order valence-electron chi connectivity index (χ2n) is 12.0. The molecule has 9 aromatic rings. The molecule has 0 fully saturated rings. The number of imidazole rings is 1. The molecule has 0 saturated carbocycles. The van der Waals surface area contributed by atoms with E-state index in [2.05, 4.69) is 187 Å². The maximum Gasteiger partial charge on any atom is 0.145 e. The average Bonchev–Trinajstić information content (AvgIpc) is 3.54. The van der Waals surface area contributed by atoms with Gasteiger partial charge in [-0.1, -0.05) is 152 Å². The quantitative estimate of drug-likeness (QED) is 0.180. The van der Waals surface area contributed by atoms with Crippen molar-refractivity contribution in [2.45, 2.75) is 0 Å². The van der Waals surface area contributed by atoms with Crippen LogP contribution in [-0.4, -0.2) is 9.55 Å². The topological polar surface area (TPSA) is 17.8 Å². The van der Waals surface area contributed by atoms with Gasteiger partial charge in [0.05, 0.1) is 16.7 Å². The van der Waals surface area contributed by atoms with Crippen molar-refractivity contribution < 1.29 is 0 Å². The van der Waals surface area contributed by atoms with Crippen LogP contribution in [0.3, 0.4) is 0 Å². The van der Waals surface area contributed by atoms with E-state index in [9.17, 15) is 0 Å². The molecule has 0 aliphatic carbocycles. The molecule has 0 bridgehead atoms. The first kappa shape index (κ1) is 27.1. The first-order chi connectivity index (χ1) is 23.3. The summed E-state index contributed by atoms with van der Waals surface area (Å²) in [5, 5.41) is 4.80. The summed E-state index contributed by atoms with van der Waals surface area (Å²) < 4.78 is 2.37. The lowest BCUT2D eigenvalue weighted by Crippen LogP contribution is -2.01. The number of hydrogen-bond donors (Lipinski definition) is 0. The van der Waals surface area contributed by atoms with Crippen LogP contribution in [0, 0.1) is 0 Å². The van der Waals surface area contributed by atoms with Gasteiger partial charge in [0.2, 0.25) is 0 Å². The van der Waals surface area contributed by atoms with Gasteiger partial charge in [-0.2, -0.15) is 0 Å². The fourth-order valence-electron chi connectivity index (χ4n) is 7.06. The first-order valence-corrected chi connectivity index (χ1v) is 16.1. The number of para-hydroxylation sites is 2. The van der Waals surface area contributed by atoms with Crippen LogP contribution < -0.4 is 0 Å². The Hall–Kier alpha value is -6.25. The summed E-state index contributed by atoms with van der Waals surface area (Å²) in [5.74, 6) is 0.937. The average molecular weight is 599 g/mol. The second-order valence-corrected chi connectivity index (χ2v) is 12.0. The van der Waals surface area contributed by atoms with Gasteiger partial charge in [-0.25, -0.2) is 4.98 Å². The van der Waals surface area contributed by atoms with Gasteiger partial charge < -0.3 is 0 Å². The van der Waals surface area contributed by atoms with Crippen LogP contribution >= 0.6 is 0 Å². The predicted octanol–water partition coefficient (Wildman–Crippen LogP) is 12.0. The molecule has 47 heavy (non-hydrogen) atoms. The summed E-state index contributed by atoms with van der Waals surface area (Å²) in [5.41, 5.74) is 11.5. The second kappa shape index (κ2) is 11.3. The van der Waals surface area contributed by atoms with Crippen molar-refractivity contribution in [2.75, 3.05) is 0 Å². The number of hydrogen-bond acceptors (Lipinski definition) is 1. The molecule has 0 amide bonds. The highest BCUT2D eigenvalue weighted by molar-refractivity contribution is 6.19. The molecular weight excluding hydrogens is 569 g/mol. The van der Waals surface area contributed by atoms with Crippen molar-refractivity contribution in [3.63, 3.8) is 0 Å². The molecule has 0 atom stereocenters. The van der Waals surface area contributed by atoms with Gasteiger partial charge in [-0.15, -0.1) is 0 Å². The van der Waals surface area contributed by atoms with Crippen molar-refractivity contribution in [3.05, 3.63) is 182 Å². The van der Waals surface area contributed by atoms with E-state index >= 15 is 0 Å². The molecule has 2 nitrogen and oxygen atoms in total. The summed E-state index contributed by atoms with van der Waals surface area (Å²) in [7, 11) is 0. The van der Waals surface area contributed by atoms with Crippen molar-refractivity contribution in [3.8, 4) is 50.5 Å². The zero-order valence-electron chi connectivity index (χ0n) is 25.7. The van der Waals surface area contributed by atoms with Gasteiger partial charge >= 0.3 is 0 Å². The van der Waals surface area contributed by atoms with Gasteiger partial charge in [0, 0.05) is 16.3 Å². The monoisotopic (exact) mass is 598 g/mol. The number of fused-ring (bicyclic) bond motifs is 3. The van der Waals surface area contributed by atoms with Gasteiger partial charge in [-0.3, -0.25) is 4.57 Å². The fraction of sp³-hybridized carbons (Fsp3) is 0. The van der Waals surface area contributed by atoms with Crippen LogP contribution in [0.2, 0.25) is 0 Å². The Labute approximate surface area is 273 Å². The Morgan fingerprint density at radius 2 is 0.766 bits per heavy atom. The summed E-state index contributed by atoms with van der Waals surface area (Å²) in [6.07, 6.45) is 0. The summed E-state index contributed by atoms with van der Waals surface area (Å²) in [6, 6.07) is 65.1. The van der Waals surface area contributed by atoms with Crippen molar-refractivity contribution in [1.29, 1.82) is 0 Å². The van der Waals surface area contributed by atoms with Gasteiger partial charge in [-0.05, 0) is 74.5 Å². The molecule has 0 N–H and O–H groups in total. The van der Waals surface area contributed by atoms with Gasteiger partial charge in [0.15, 0.2) is 0 Å². The molecule has 0 saturated heterocycles. The number of rotatable bonds is 5. The van der Waals surface area contributed by atoms with E-state index in [0.717, 1.165) is 28.1 Å². The van der Waals surface area contributed by atoms with Crippen molar-refractivity contribution >= 4 is 32.6 Å². The molecule has 0 spiro atoms. The highest BCUT2D eigenvalue weighted by Gasteiger charge is 2.22. The van der Waals surface area contributed by atoms with E-state index in [1.54, 1.807) is 0 Å². The molecule has 0 unspecified atom stereocenters. The normalized spacial score (nSPS) is 11.4. The molecule has 1 aromatic heterocycles. The van der Waals surface area contributed by atoms with E-state index < -0.39 is 0 Å². The molecule has 220 valence electrons. The van der Waals surface area contributed by atoms with Crippen LogP contribution in [-0.2, 0) is 0 Å². The minimum absolute atomic E-state index is 0.937. The zero-order valence-corrected chi connectivity index (χ0v) is 25.7. The fourth-order valence-corrected chi connectivity index (χ4v) is 7.06. The predicted molar refractivity (Wildman–Crippen MR) is 198 cm³/mol. The van der Waals surface area contributed by atoms with Crippen molar-refractivity contribution in [2.24, 2.45) is 0 Å². The largest absolute Gasteiger partial charge is 0.291 e. The third-order valence-electron chi connectivity index (χ3n) is 9.16. The van der Waals surface area contributed by atoms with E-state index in [1.165, 1.54) is 54.9 Å². The van der Waals surface area contributed by atoms with Gasteiger partial charge in [0.1, 0.15) is 5.82 Å². The van der Waals surface area contributed by atoms with E-state index in [4.69, 9.17) is 4.98 Å². The summed E-state index contributed by atoms with van der Waals surface area (Å²) >= 11 is 0. The third kappa shape index (κ3) is 4.62. The Kier molecular flexibility index (Phi) is 6.50. The molecule has 0 aliphatic rings. The minimum Gasteiger partial charge on any atom is -0.291 e. The first-order valence-electron chi connectivity index (χ1n) is 16.1. The molecular formula is C45H30N2. The molecule has 0 aliphatic heterocycles. The number of benzene rings is 8. The molecule has 1 heterocycles. The minimum atomic E-state index is 0.937. The molecule has 8 aromatic carbocycles. The summed E-state index contributed by atoms with van der Waals surface area (Å²) in [4.78, 5) is 5.21. The van der Waals surface area contributed by atoms with Crippen LogP contribution in [0.4, 0.5) is 0 Å². The summed E-state index contributed by atoms with van der Waals surface area (Å²) in [6.45, 7) is 0.